The van der Waals surface area contributed by atoms with E-state index in [9.17, 15) is 8.78 Å². The van der Waals surface area contributed by atoms with E-state index in [1.807, 2.05) is 6.92 Å². The molecule has 1 N–H and O–H groups in total. The molecular formula is C16H15F2N. The van der Waals surface area contributed by atoms with Gasteiger partial charge in [0, 0.05) is 11.3 Å². The van der Waals surface area contributed by atoms with Crippen LogP contribution in [0.15, 0.2) is 30.3 Å². The fourth-order valence-electron chi connectivity index (χ4n) is 2.81. The van der Waals surface area contributed by atoms with Crippen LogP contribution >= 0.6 is 0 Å². The maximum Gasteiger partial charge on any atom is 0.128 e. The lowest BCUT2D eigenvalue weighted by Crippen LogP contribution is -2.08. The van der Waals surface area contributed by atoms with Gasteiger partial charge in [0.25, 0.3) is 0 Å². The molecule has 98 valence electrons. The molecule has 1 unspecified atom stereocenters. The molecule has 2 aromatic rings. The van der Waals surface area contributed by atoms with E-state index >= 15 is 0 Å². The third kappa shape index (κ3) is 2.09. The van der Waals surface area contributed by atoms with Gasteiger partial charge in [0.05, 0.1) is 6.04 Å². The van der Waals surface area contributed by atoms with E-state index < -0.39 is 5.82 Å². The Hall–Kier alpha value is -1.90. The molecule has 1 aliphatic heterocycles. The molecular weight excluding hydrogens is 244 g/mol. The standard InChI is InChI=1S/C16H15F2N/c1-9-5-10(2)12-8-16(19-15(12)6-9)13-7-11(17)3-4-14(13)18/h3-7,16,19H,8H2,1-2H3. The predicted octanol–water partition coefficient (Wildman–Crippen LogP) is 4.29. The van der Waals surface area contributed by atoms with Gasteiger partial charge in [-0.05, 0) is 61.2 Å². The molecule has 0 aromatic heterocycles. The maximum absolute atomic E-state index is 13.8. The molecule has 19 heavy (non-hydrogen) atoms. The highest BCUT2D eigenvalue weighted by Crippen LogP contribution is 2.37. The van der Waals surface area contributed by atoms with E-state index in [4.69, 9.17) is 0 Å². The van der Waals surface area contributed by atoms with Crippen LogP contribution in [0.2, 0.25) is 0 Å². The fraction of sp³-hybridized carbons (Fsp3) is 0.250. The highest BCUT2D eigenvalue weighted by atomic mass is 19.1. The summed E-state index contributed by atoms with van der Waals surface area (Å²) in [5.74, 6) is -0.761. The Morgan fingerprint density at radius 3 is 2.68 bits per heavy atom. The summed E-state index contributed by atoms with van der Waals surface area (Å²) in [6.45, 7) is 4.09. The van der Waals surface area contributed by atoms with Gasteiger partial charge in [0.1, 0.15) is 11.6 Å². The summed E-state index contributed by atoms with van der Waals surface area (Å²) in [6.07, 6.45) is 0.696. The van der Waals surface area contributed by atoms with Gasteiger partial charge in [0.15, 0.2) is 0 Å². The van der Waals surface area contributed by atoms with Crippen LogP contribution < -0.4 is 5.32 Å². The van der Waals surface area contributed by atoms with E-state index in [2.05, 4.69) is 24.4 Å². The largest absolute Gasteiger partial charge is 0.378 e. The molecule has 0 amide bonds. The van der Waals surface area contributed by atoms with Crippen molar-refractivity contribution in [3.63, 3.8) is 0 Å². The topological polar surface area (TPSA) is 12.0 Å². The molecule has 0 saturated carbocycles. The minimum atomic E-state index is -0.401. The molecule has 1 aliphatic rings. The van der Waals surface area contributed by atoms with Gasteiger partial charge < -0.3 is 5.32 Å². The predicted molar refractivity (Wildman–Crippen MR) is 72.3 cm³/mol. The molecule has 1 heterocycles. The second-order valence-corrected chi connectivity index (χ2v) is 5.17. The summed E-state index contributed by atoms with van der Waals surface area (Å²) in [5, 5.41) is 3.29. The Kier molecular flexibility index (Phi) is 2.77. The van der Waals surface area contributed by atoms with Crippen molar-refractivity contribution in [3.05, 3.63) is 64.2 Å². The van der Waals surface area contributed by atoms with E-state index in [1.54, 1.807) is 0 Å². The van der Waals surface area contributed by atoms with Crippen LogP contribution in [-0.4, -0.2) is 0 Å². The lowest BCUT2D eigenvalue weighted by molar-refractivity contribution is 0.573. The number of fused-ring (bicyclic) bond motifs is 1. The molecule has 0 bridgehead atoms. The quantitative estimate of drug-likeness (QED) is 0.805. The fourth-order valence-corrected chi connectivity index (χ4v) is 2.81. The number of benzene rings is 2. The number of anilines is 1. The number of halogens is 2. The number of aryl methyl sites for hydroxylation is 2. The summed E-state index contributed by atoms with van der Waals surface area (Å²) in [4.78, 5) is 0. The zero-order chi connectivity index (χ0) is 13.6. The number of hydrogen-bond acceptors (Lipinski definition) is 1. The number of nitrogens with one attached hydrogen (secondary N) is 1. The Balaban J connectivity index is 2.00. The summed E-state index contributed by atoms with van der Waals surface area (Å²) < 4.78 is 27.1. The third-order valence-corrected chi connectivity index (χ3v) is 3.69. The number of hydrogen-bond donors (Lipinski definition) is 1. The van der Waals surface area contributed by atoms with Gasteiger partial charge in [-0.2, -0.15) is 0 Å². The van der Waals surface area contributed by atoms with Crippen molar-refractivity contribution < 1.29 is 8.78 Å². The first-order valence-electron chi connectivity index (χ1n) is 6.36. The van der Waals surface area contributed by atoms with Gasteiger partial charge >= 0.3 is 0 Å². The highest BCUT2D eigenvalue weighted by Gasteiger charge is 2.26. The average molecular weight is 259 g/mol. The minimum absolute atomic E-state index is 0.189. The van der Waals surface area contributed by atoms with E-state index in [1.165, 1.54) is 28.8 Å². The minimum Gasteiger partial charge on any atom is -0.378 e. The van der Waals surface area contributed by atoms with Crippen molar-refractivity contribution in [2.24, 2.45) is 0 Å². The van der Waals surface area contributed by atoms with Gasteiger partial charge in [-0.15, -0.1) is 0 Å². The molecule has 1 atom stereocenters. The van der Waals surface area contributed by atoms with Crippen molar-refractivity contribution in [1.82, 2.24) is 0 Å². The van der Waals surface area contributed by atoms with Crippen LogP contribution in [0.3, 0.4) is 0 Å². The Labute approximate surface area is 111 Å². The Morgan fingerprint density at radius 2 is 1.89 bits per heavy atom. The summed E-state index contributed by atoms with van der Waals surface area (Å²) >= 11 is 0. The van der Waals surface area contributed by atoms with E-state index in [-0.39, 0.29) is 11.9 Å². The number of rotatable bonds is 1. The molecule has 0 aliphatic carbocycles. The van der Waals surface area contributed by atoms with Crippen LogP contribution in [0.5, 0.6) is 0 Å². The van der Waals surface area contributed by atoms with Crippen molar-refractivity contribution in [3.8, 4) is 0 Å². The average Bonchev–Trinajstić information content (AvgIpc) is 2.76. The first kappa shape index (κ1) is 12.2. The summed E-state index contributed by atoms with van der Waals surface area (Å²) in [7, 11) is 0. The van der Waals surface area contributed by atoms with Gasteiger partial charge in [-0.1, -0.05) is 6.07 Å². The van der Waals surface area contributed by atoms with Crippen LogP contribution in [0.25, 0.3) is 0 Å². The van der Waals surface area contributed by atoms with Crippen molar-refractivity contribution in [1.29, 1.82) is 0 Å². The van der Waals surface area contributed by atoms with Crippen LogP contribution in [0.1, 0.15) is 28.3 Å². The van der Waals surface area contributed by atoms with Crippen molar-refractivity contribution in [2.45, 2.75) is 26.3 Å². The van der Waals surface area contributed by atoms with Crippen LogP contribution in [0, 0.1) is 25.5 Å². The van der Waals surface area contributed by atoms with Gasteiger partial charge in [-0.25, -0.2) is 8.78 Å². The SMILES string of the molecule is Cc1cc(C)c2c(c1)NC(c1cc(F)ccc1F)C2. The van der Waals surface area contributed by atoms with Crippen molar-refractivity contribution in [2.75, 3.05) is 5.32 Å². The summed E-state index contributed by atoms with van der Waals surface area (Å²) in [5.41, 5.74) is 4.99. The molecule has 0 spiro atoms. The molecule has 0 fully saturated rings. The molecule has 2 aromatic carbocycles. The van der Waals surface area contributed by atoms with E-state index in [0.717, 1.165) is 11.8 Å². The zero-order valence-electron chi connectivity index (χ0n) is 10.9. The summed E-state index contributed by atoms with van der Waals surface area (Å²) in [6, 6.07) is 7.60. The Morgan fingerprint density at radius 1 is 1.11 bits per heavy atom. The lowest BCUT2D eigenvalue weighted by atomic mass is 9.98. The molecule has 0 saturated heterocycles. The smallest absolute Gasteiger partial charge is 0.128 e. The van der Waals surface area contributed by atoms with E-state index in [0.29, 0.717) is 12.0 Å². The first-order chi connectivity index (χ1) is 9.04. The monoisotopic (exact) mass is 259 g/mol. The van der Waals surface area contributed by atoms with Crippen LogP contribution in [-0.2, 0) is 6.42 Å². The third-order valence-electron chi connectivity index (χ3n) is 3.69. The lowest BCUT2D eigenvalue weighted by Gasteiger charge is -2.12. The van der Waals surface area contributed by atoms with Crippen molar-refractivity contribution >= 4 is 5.69 Å². The first-order valence-corrected chi connectivity index (χ1v) is 6.36. The highest BCUT2D eigenvalue weighted by molar-refractivity contribution is 5.62. The normalized spacial score (nSPS) is 17.2. The molecule has 1 nitrogen and oxygen atoms in total. The maximum atomic E-state index is 13.8. The molecule has 0 radical (unpaired) electrons. The Bertz CT molecular complexity index is 649. The molecule has 3 rings (SSSR count). The van der Waals surface area contributed by atoms with Gasteiger partial charge in [0.2, 0.25) is 0 Å². The zero-order valence-corrected chi connectivity index (χ0v) is 10.9. The molecule has 3 heteroatoms. The van der Waals surface area contributed by atoms with Crippen LogP contribution in [0.4, 0.5) is 14.5 Å². The van der Waals surface area contributed by atoms with Gasteiger partial charge in [-0.3, -0.25) is 0 Å². The second-order valence-electron chi connectivity index (χ2n) is 5.17. The second kappa shape index (κ2) is 4.34.